The number of ether oxygens (including phenoxy) is 1. The summed E-state index contributed by atoms with van der Waals surface area (Å²) < 4.78 is 6.49. The van der Waals surface area contributed by atoms with Crippen LogP contribution in [0.2, 0.25) is 0 Å². The minimum atomic E-state index is -0.619. The van der Waals surface area contributed by atoms with E-state index in [4.69, 9.17) is 16.5 Å². The fourth-order valence-corrected chi connectivity index (χ4v) is 1.85. The Kier molecular flexibility index (Phi) is 5.05. The normalized spacial score (nSPS) is 24.4. The summed E-state index contributed by atoms with van der Waals surface area (Å²) in [6.07, 6.45) is 1.58. The van der Waals surface area contributed by atoms with Crippen LogP contribution in [0.15, 0.2) is 0 Å². The molecule has 0 saturated carbocycles. The summed E-state index contributed by atoms with van der Waals surface area (Å²) >= 11 is 5.86. The van der Waals surface area contributed by atoms with E-state index in [1.807, 2.05) is 0 Å². The van der Waals surface area contributed by atoms with Crippen molar-refractivity contribution in [1.29, 1.82) is 0 Å². The van der Waals surface area contributed by atoms with Gasteiger partial charge in [-0.1, -0.05) is 0 Å². The van der Waals surface area contributed by atoms with E-state index in [1.54, 1.807) is 11.3 Å². The van der Waals surface area contributed by atoms with Crippen molar-refractivity contribution in [2.24, 2.45) is 5.92 Å². The molecule has 1 aliphatic rings. The lowest BCUT2D eigenvalue weighted by Gasteiger charge is -2.21. The predicted octanol–water partition coefficient (Wildman–Crippen LogP) is 1.37. The maximum atomic E-state index is 11.6. The van der Waals surface area contributed by atoms with Gasteiger partial charge in [-0.25, -0.2) is 4.42 Å². The van der Waals surface area contributed by atoms with Gasteiger partial charge < -0.3 is 4.74 Å². The molecule has 15 heavy (non-hydrogen) atoms. The summed E-state index contributed by atoms with van der Waals surface area (Å²) in [5.74, 6) is -1.04. The molecule has 4 nitrogen and oxygen atoms in total. The summed E-state index contributed by atoms with van der Waals surface area (Å²) in [5.41, 5.74) is 0. The number of hydrogen-bond acceptors (Lipinski definition) is 4. The second-order valence-electron chi connectivity index (χ2n) is 3.57. The molecule has 86 valence electrons. The standard InChI is InChI=1S/C10H16ClNO3/c1-2-15-10(14)8-5-7-12(11)6-3-4-9(8)13/h8H,2-7H2,1H3. The predicted molar refractivity (Wildman–Crippen MR) is 56.4 cm³/mol. The number of carbonyl (C=O) groups excluding carboxylic acids is 2. The highest BCUT2D eigenvalue weighted by Gasteiger charge is 2.29. The van der Waals surface area contributed by atoms with Crippen LogP contribution in [0.25, 0.3) is 0 Å². The van der Waals surface area contributed by atoms with E-state index in [1.165, 1.54) is 0 Å². The van der Waals surface area contributed by atoms with Crippen LogP contribution in [0.5, 0.6) is 0 Å². The molecule has 1 rings (SSSR count). The average molecular weight is 234 g/mol. The van der Waals surface area contributed by atoms with Gasteiger partial charge in [0.05, 0.1) is 6.61 Å². The summed E-state index contributed by atoms with van der Waals surface area (Å²) in [4.78, 5) is 23.1. The molecule has 0 bridgehead atoms. The van der Waals surface area contributed by atoms with Gasteiger partial charge in [-0.2, -0.15) is 0 Å². The Morgan fingerprint density at radius 1 is 1.60 bits per heavy atom. The van der Waals surface area contributed by atoms with Crippen molar-refractivity contribution >= 4 is 23.5 Å². The van der Waals surface area contributed by atoms with Crippen molar-refractivity contribution in [2.75, 3.05) is 19.7 Å². The van der Waals surface area contributed by atoms with Crippen LogP contribution in [0, 0.1) is 5.92 Å². The SMILES string of the molecule is CCOC(=O)C1CCN(Cl)CCCC1=O. The van der Waals surface area contributed by atoms with Crippen LogP contribution in [0.3, 0.4) is 0 Å². The smallest absolute Gasteiger partial charge is 0.316 e. The lowest BCUT2D eigenvalue weighted by Crippen LogP contribution is -2.32. The zero-order chi connectivity index (χ0) is 11.3. The topological polar surface area (TPSA) is 46.6 Å². The zero-order valence-corrected chi connectivity index (χ0v) is 9.63. The second-order valence-corrected chi connectivity index (χ2v) is 4.05. The number of carbonyl (C=O) groups is 2. The van der Waals surface area contributed by atoms with E-state index in [-0.39, 0.29) is 5.78 Å². The third kappa shape index (κ3) is 3.80. The van der Waals surface area contributed by atoms with Gasteiger partial charge in [-0.3, -0.25) is 9.59 Å². The van der Waals surface area contributed by atoms with Gasteiger partial charge in [0.15, 0.2) is 0 Å². The Balaban J connectivity index is 2.58. The van der Waals surface area contributed by atoms with Crippen LogP contribution >= 0.6 is 11.8 Å². The molecule has 1 unspecified atom stereocenters. The van der Waals surface area contributed by atoms with Crippen LogP contribution in [0.4, 0.5) is 0 Å². The molecule has 1 atom stereocenters. The summed E-state index contributed by atoms with van der Waals surface area (Å²) in [6, 6.07) is 0. The molecule has 0 aromatic rings. The van der Waals surface area contributed by atoms with Crippen LogP contribution in [-0.4, -0.2) is 35.9 Å². The molecule has 0 aliphatic carbocycles. The molecular formula is C10H16ClNO3. The maximum absolute atomic E-state index is 11.6. The molecule has 1 aliphatic heterocycles. The highest BCUT2D eigenvalue weighted by Crippen LogP contribution is 2.17. The number of nitrogens with zero attached hydrogens (tertiary/aromatic N) is 1. The number of halogens is 1. The first-order valence-corrected chi connectivity index (χ1v) is 5.59. The highest BCUT2D eigenvalue weighted by atomic mass is 35.5. The van der Waals surface area contributed by atoms with Crippen LogP contribution in [-0.2, 0) is 14.3 Å². The van der Waals surface area contributed by atoms with E-state index in [0.717, 1.165) is 0 Å². The van der Waals surface area contributed by atoms with E-state index in [9.17, 15) is 9.59 Å². The van der Waals surface area contributed by atoms with Crippen molar-refractivity contribution in [2.45, 2.75) is 26.2 Å². The first-order valence-electron chi connectivity index (χ1n) is 5.25. The molecule has 5 heteroatoms. The molecule has 0 amide bonds. The van der Waals surface area contributed by atoms with Gasteiger partial charge in [0, 0.05) is 19.5 Å². The summed E-state index contributed by atoms with van der Waals surface area (Å²) in [6.45, 7) is 3.30. The van der Waals surface area contributed by atoms with E-state index in [0.29, 0.717) is 39.0 Å². The number of hydrogen-bond donors (Lipinski definition) is 0. The van der Waals surface area contributed by atoms with Crippen LogP contribution in [0.1, 0.15) is 26.2 Å². The van der Waals surface area contributed by atoms with E-state index >= 15 is 0 Å². The number of rotatable bonds is 2. The largest absolute Gasteiger partial charge is 0.465 e. The Bertz CT molecular complexity index is 237. The molecule has 1 fully saturated rings. The second kappa shape index (κ2) is 6.08. The monoisotopic (exact) mass is 233 g/mol. The fraction of sp³-hybridized carbons (Fsp3) is 0.800. The zero-order valence-electron chi connectivity index (χ0n) is 8.87. The Morgan fingerprint density at radius 2 is 2.33 bits per heavy atom. The molecule has 0 N–H and O–H groups in total. The molecule has 0 radical (unpaired) electrons. The molecule has 0 spiro atoms. The fourth-order valence-electron chi connectivity index (χ4n) is 1.63. The Labute approximate surface area is 94.6 Å². The van der Waals surface area contributed by atoms with Gasteiger partial charge in [-0.15, -0.1) is 0 Å². The van der Waals surface area contributed by atoms with Gasteiger partial charge in [-0.05, 0) is 31.5 Å². The molecule has 0 aromatic heterocycles. The van der Waals surface area contributed by atoms with Crippen molar-refractivity contribution in [3.63, 3.8) is 0 Å². The Morgan fingerprint density at radius 3 is 3.00 bits per heavy atom. The number of Topliss-reactive ketones (excluding diaryl/α,β-unsaturated/α-hetero) is 1. The van der Waals surface area contributed by atoms with Crippen molar-refractivity contribution in [3.05, 3.63) is 0 Å². The van der Waals surface area contributed by atoms with E-state index < -0.39 is 11.9 Å². The first-order chi connectivity index (χ1) is 7.15. The quantitative estimate of drug-likeness (QED) is 0.411. The van der Waals surface area contributed by atoms with E-state index in [2.05, 4.69) is 0 Å². The molecule has 1 heterocycles. The molecule has 0 aromatic carbocycles. The molecule has 1 saturated heterocycles. The average Bonchev–Trinajstić information content (AvgIpc) is 2.16. The summed E-state index contributed by atoms with van der Waals surface area (Å²) in [5, 5.41) is 0. The van der Waals surface area contributed by atoms with Gasteiger partial charge in [0.2, 0.25) is 0 Å². The lowest BCUT2D eigenvalue weighted by atomic mass is 9.95. The van der Waals surface area contributed by atoms with Crippen molar-refractivity contribution in [1.82, 2.24) is 4.42 Å². The van der Waals surface area contributed by atoms with Crippen molar-refractivity contribution in [3.8, 4) is 0 Å². The van der Waals surface area contributed by atoms with Crippen LogP contribution < -0.4 is 0 Å². The van der Waals surface area contributed by atoms with Gasteiger partial charge in [0.1, 0.15) is 11.7 Å². The minimum Gasteiger partial charge on any atom is -0.465 e. The van der Waals surface area contributed by atoms with Gasteiger partial charge >= 0.3 is 5.97 Å². The first kappa shape index (κ1) is 12.5. The lowest BCUT2D eigenvalue weighted by molar-refractivity contribution is -0.152. The van der Waals surface area contributed by atoms with Crippen molar-refractivity contribution < 1.29 is 14.3 Å². The third-order valence-corrected chi connectivity index (χ3v) is 2.78. The number of esters is 1. The minimum absolute atomic E-state index is 0.0155. The van der Waals surface area contributed by atoms with Gasteiger partial charge in [0.25, 0.3) is 0 Å². The summed E-state index contributed by atoms with van der Waals surface area (Å²) in [7, 11) is 0. The molecular weight excluding hydrogens is 218 g/mol. The third-order valence-electron chi connectivity index (χ3n) is 2.44. The number of ketones is 1. The maximum Gasteiger partial charge on any atom is 0.316 e. The highest BCUT2D eigenvalue weighted by molar-refractivity contribution is 6.13. The Hall–Kier alpha value is -0.610.